The van der Waals surface area contributed by atoms with Gasteiger partial charge in [0, 0.05) is 54.9 Å². The lowest BCUT2D eigenvalue weighted by Crippen LogP contribution is -2.49. The summed E-state index contributed by atoms with van der Waals surface area (Å²) in [6.45, 7) is 4.46. The smallest absolute Gasteiger partial charge is 0.286 e. The molecule has 7 nitrogen and oxygen atoms in total. The zero-order valence-corrected chi connectivity index (χ0v) is 22.2. The zero-order chi connectivity index (χ0) is 26.2. The second-order valence-corrected chi connectivity index (χ2v) is 9.60. The highest BCUT2D eigenvalue weighted by Gasteiger charge is 2.21. The molecule has 2 amide bonds. The number of allylic oxidation sites excluding steroid dienone is 2. The lowest BCUT2D eigenvalue weighted by atomic mass is 10.2. The Kier molecular flexibility index (Phi) is 9.28. The van der Waals surface area contributed by atoms with Crippen LogP contribution in [0, 0.1) is 0 Å². The van der Waals surface area contributed by atoms with Gasteiger partial charge in [0.1, 0.15) is 0 Å². The number of nitrogens with one attached hydrogen (secondary N) is 2. The van der Waals surface area contributed by atoms with Crippen LogP contribution in [0.25, 0.3) is 17.0 Å². The van der Waals surface area contributed by atoms with Gasteiger partial charge in [-0.2, -0.15) is 0 Å². The van der Waals surface area contributed by atoms with Crippen molar-refractivity contribution in [3.63, 3.8) is 0 Å². The van der Waals surface area contributed by atoms with Gasteiger partial charge >= 0.3 is 0 Å². The Labute approximate surface area is 226 Å². The minimum Gasteiger partial charge on any atom is -0.491 e. The second kappa shape index (κ2) is 12.8. The number of amides is 2. The molecule has 9 heteroatoms. The predicted octanol–water partition coefficient (Wildman–Crippen LogP) is 4.98. The van der Waals surface area contributed by atoms with Gasteiger partial charge in [0.05, 0.1) is 17.2 Å². The Balaban J connectivity index is 1.19. The maximum atomic E-state index is 12.6. The van der Waals surface area contributed by atoms with Gasteiger partial charge in [-0.1, -0.05) is 47.5 Å². The van der Waals surface area contributed by atoms with Crippen molar-refractivity contribution in [2.75, 3.05) is 46.4 Å². The summed E-state index contributed by atoms with van der Waals surface area (Å²) in [5, 5.41) is 4.85. The molecule has 37 heavy (non-hydrogen) atoms. The first-order valence-electron chi connectivity index (χ1n) is 12.2. The molecule has 2 heterocycles. The summed E-state index contributed by atoms with van der Waals surface area (Å²) in [5.41, 5.74) is 2.46. The maximum absolute atomic E-state index is 12.6. The van der Waals surface area contributed by atoms with E-state index in [0.717, 1.165) is 48.2 Å². The third kappa shape index (κ3) is 7.16. The number of H-pyrrole nitrogens is 1. The lowest BCUT2D eigenvalue weighted by molar-refractivity contribution is -0.120. The number of hydrogen-bond acceptors (Lipinski definition) is 4. The summed E-state index contributed by atoms with van der Waals surface area (Å²) < 4.78 is 5.26. The number of fused-ring (bicyclic) bond motifs is 1. The van der Waals surface area contributed by atoms with E-state index < -0.39 is 0 Å². The van der Waals surface area contributed by atoms with Crippen molar-refractivity contribution in [2.45, 2.75) is 6.42 Å². The summed E-state index contributed by atoms with van der Waals surface area (Å²) in [7, 11) is 1.47. The number of benzene rings is 2. The highest BCUT2D eigenvalue weighted by atomic mass is 35.5. The summed E-state index contributed by atoms with van der Waals surface area (Å²) in [6, 6.07) is 14.9. The second-order valence-electron chi connectivity index (χ2n) is 8.78. The van der Waals surface area contributed by atoms with Crippen molar-refractivity contribution in [3.05, 3.63) is 87.7 Å². The largest absolute Gasteiger partial charge is 0.491 e. The number of carbonyl (C=O) groups excluding carboxylic acids is 2. The molecule has 1 aliphatic heterocycles. The molecule has 1 saturated heterocycles. The molecule has 1 fully saturated rings. The van der Waals surface area contributed by atoms with Crippen LogP contribution in [0.2, 0.25) is 10.0 Å². The molecular weight excluding hydrogens is 511 g/mol. The van der Waals surface area contributed by atoms with Crippen LogP contribution in [0.5, 0.6) is 0 Å². The average molecular weight is 541 g/mol. The number of rotatable bonds is 9. The SMILES string of the molecule is CO/C(=C\C=C\c1cc2cc(Cl)c(Cl)cc2[nH]1)C(=O)NCCCN1CCN(C(=O)c2ccccc2)CC1. The fourth-order valence-corrected chi connectivity index (χ4v) is 4.58. The Hall–Kier alpha value is -3.26. The van der Waals surface area contributed by atoms with Gasteiger partial charge in [0.2, 0.25) is 0 Å². The van der Waals surface area contributed by atoms with Crippen LogP contribution < -0.4 is 5.32 Å². The molecule has 194 valence electrons. The minimum atomic E-state index is -0.263. The van der Waals surface area contributed by atoms with Crippen molar-refractivity contribution < 1.29 is 14.3 Å². The Bertz CT molecular complexity index is 1260. The molecule has 2 N–H and O–H groups in total. The number of methoxy groups -OCH3 is 1. The molecule has 0 saturated carbocycles. The van der Waals surface area contributed by atoms with Crippen molar-refractivity contribution in [2.24, 2.45) is 0 Å². The van der Waals surface area contributed by atoms with Crippen LogP contribution in [-0.2, 0) is 9.53 Å². The highest BCUT2D eigenvalue weighted by molar-refractivity contribution is 6.42. The first kappa shape index (κ1) is 26.8. The van der Waals surface area contributed by atoms with Crippen LogP contribution in [-0.4, -0.2) is 73.0 Å². The third-order valence-electron chi connectivity index (χ3n) is 6.27. The normalized spacial score (nSPS) is 14.9. The first-order valence-corrected chi connectivity index (χ1v) is 12.9. The van der Waals surface area contributed by atoms with Crippen molar-refractivity contribution >= 4 is 52.0 Å². The van der Waals surface area contributed by atoms with E-state index in [0.29, 0.717) is 29.7 Å². The molecule has 0 unspecified atom stereocenters. The van der Waals surface area contributed by atoms with Crippen LogP contribution in [0.1, 0.15) is 22.5 Å². The fourth-order valence-electron chi connectivity index (χ4n) is 4.24. The quantitative estimate of drug-likeness (QED) is 0.173. The highest BCUT2D eigenvalue weighted by Crippen LogP contribution is 2.28. The number of piperazine rings is 1. The van der Waals surface area contributed by atoms with E-state index in [1.54, 1.807) is 24.3 Å². The molecule has 0 aliphatic carbocycles. The topological polar surface area (TPSA) is 77.7 Å². The zero-order valence-electron chi connectivity index (χ0n) is 20.7. The van der Waals surface area contributed by atoms with Gasteiger partial charge in [-0.3, -0.25) is 14.5 Å². The van der Waals surface area contributed by atoms with Gasteiger partial charge in [-0.15, -0.1) is 0 Å². The van der Waals surface area contributed by atoms with Crippen LogP contribution in [0.15, 0.2) is 66.4 Å². The Morgan fingerprint density at radius 2 is 1.78 bits per heavy atom. The monoisotopic (exact) mass is 540 g/mol. The predicted molar refractivity (Wildman–Crippen MR) is 149 cm³/mol. The minimum absolute atomic E-state index is 0.0822. The molecule has 3 aromatic rings. The Morgan fingerprint density at radius 3 is 2.51 bits per heavy atom. The van der Waals surface area contributed by atoms with E-state index in [1.165, 1.54) is 7.11 Å². The summed E-state index contributed by atoms with van der Waals surface area (Å²) in [5.74, 6) is 0.0471. The van der Waals surface area contributed by atoms with E-state index in [9.17, 15) is 9.59 Å². The van der Waals surface area contributed by atoms with Gasteiger partial charge < -0.3 is 19.9 Å². The average Bonchev–Trinajstić information content (AvgIpc) is 3.30. The Morgan fingerprint density at radius 1 is 1.05 bits per heavy atom. The number of aromatic nitrogens is 1. The number of ether oxygens (including phenoxy) is 1. The van der Waals surface area contributed by atoms with Crippen molar-refractivity contribution in [1.29, 1.82) is 0 Å². The summed E-state index contributed by atoms with van der Waals surface area (Å²) in [4.78, 5) is 32.5. The van der Waals surface area contributed by atoms with Crippen molar-refractivity contribution in [3.8, 4) is 0 Å². The molecule has 0 atom stereocenters. The number of aromatic amines is 1. The molecular formula is C28H30Cl2N4O3. The number of hydrogen-bond donors (Lipinski definition) is 2. The van der Waals surface area contributed by atoms with Gasteiger partial charge in [0.15, 0.2) is 5.76 Å². The van der Waals surface area contributed by atoms with E-state index >= 15 is 0 Å². The lowest BCUT2D eigenvalue weighted by Gasteiger charge is -2.34. The summed E-state index contributed by atoms with van der Waals surface area (Å²) >= 11 is 12.2. The van der Waals surface area contributed by atoms with Crippen LogP contribution in [0.3, 0.4) is 0 Å². The first-order chi connectivity index (χ1) is 17.9. The number of carbonyl (C=O) groups is 2. The van der Waals surface area contributed by atoms with Crippen LogP contribution in [0.4, 0.5) is 0 Å². The molecule has 1 aromatic heterocycles. The maximum Gasteiger partial charge on any atom is 0.286 e. The molecule has 2 aromatic carbocycles. The molecule has 0 bridgehead atoms. The van der Waals surface area contributed by atoms with E-state index in [4.69, 9.17) is 27.9 Å². The summed E-state index contributed by atoms with van der Waals surface area (Å²) in [6.07, 6.45) is 6.04. The molecule has 1 aliphatic rings. The molecule has 0 radical (unpaired) electrons. The van der Waals surface area contributed by atoms with Crippen molar-refractivity contribution in [1.82, 2.24) is 20.1 Å². The standard InChI is InChI=1S/C28H30Cl2N4O3/c1-37-26(10-5-9-22-17-21-18-23(29)24(30)19-25(21)32-22)27(35)31-11-6-12-33-13-15-34(16-14-33)28(36)20-7-3-2-4-8-20/h2-5,7-10,17-19,32H,6,11-16H2,1H3,(H,31,35)/b9-5+,26-10-. The van der Waals surface area contributed by atoms with E-state index in [-0.39, 0.29) is 17.6 Å². The molecule has 0 spiro atoms. The fraction of sp³-hybridized carbons (Fsp3) is 0.286. The van der Waals surface area contributed by atoms with Gasteiger partial charge in [-0.05, 0) is 55.4 Å². The number of halogens is 2. The number of nitrogens with zero attached hydrogens (tertiary/aromatic N) is 2. The van der Waals surface area contributed by atoms with E-state index in [1.807, 2.05) is 47.4 Å². The molecule has 4 rings (SSSR count). The van der Waals surface area contributed by atoms with E-state index in [2.05, 4.69) is 15.2 Å². The third-order valence-corrected chi connectivity index (χ3v) is 6.99. The van der Waals surface area contributed by atoms with Crippen LogP contribution >= 0.6 is 23.2 Å². The van der Waals surface area contributed by atoms with Gasteiger partial charge in [-0.25, -0.2) is 0 Å². The van der Waals surface area contributed by atoms with Gasteiger partial charge in [0.25, 0.3) is 11.8 Å².